The summed E-state index contributed by atoms with van der Waals surface area (Å²) in [7, 11) is 1.62. The molecule has 0 aliphatic heterocycles. The SMILES string of the molecule is CCN(C(=O)/C=C/c1ccc(F)cc1)C(C)c1cccc(OC)c1. The average Bonchev–Trinajstić information content (AvgIpc) is 2.61. The summed E-state index contributed by atoms with van der Waals surface area (Å²) < 4.78 is 18.2. The summed E-state index contributed by atoms with van der Waals surface area (Å²) >= 11 is 0. The number of ether oxygens (including phenoxy) is 1. The first kappa shape index (κ1) is 17.7. The minimum Gasteiger partial charge on any atom is -0.497 e. The summed E-state index contributed by atoms with van der Waals surface area (Å²) in [4.78, 5) is 14.3. The minimum atomic E-state index is -0.291. The lowest BCUT2D eigenvalue weighted by Gasteiger charge is -2.27. The van der Waals surface area contributed by atoms with Gasteiger partial charge in [-0.05, 0) is 55.3 Å². The number of carbonyl (C=O) groups excluding carboxylic acids is 1. The van der Waals surface area contributed by atoms with Crippen molar-refractivity contribution < 1.29 is 13.9 Å². The zero-order valence-electron chi connectivity index (χ0n) is 14.2. The third-order valence-electron chi connectivity index (χ3n) is 3.96. The predicted octanol–water partition coefficient (Wildman–Crippen LogP) is 4.46. The van der Waals surface area contributed by atoms with E-state index in [4.69, 9.17) is 4.74 Å². The molecule has 0 saturated heterocycles. The van der Waals surface area contributed by atoms with Crippen LogP contribution in [0.2, 0.25) is 0 Å². The van der Waals surface area contributed by atoms with Gasteiger partial charge in [-0.3, -0.25) is 4.79 Å². The molecule has 0 aliphatic rings. The Morgan fingerprint density at radius 2 is 1.96 bits per heavy atom. The van der Waals surface area contributed by atoms with Crippen molar-refractivity contribution in [3.8, 4) is 5.75 Å². The molecule has 0 aliphatic carbocycles. The predicted molar refractivity (Wildman–Crippen MR) is 94.2 cm³/mol. The molecule has 0 saturated carbocycles. The van der Waals surface area contributed by atoms with Gasteiger partial charge in [0.15, 0.2) is 0 Å². The Labute approximate surface area is 142 Å². The average molecular weight is 327 g/mol. The van der Waals surface area contributed by atoms with Crippen molar-refractivity contribution in [1.82, 2.24) is 4.90 Å². The van der Waals surface area contributed by atoms with E-state index in [-0.39, 0.29) is 17.8 Å². The van der Waals surface area contributed by atoms with Crippen LogP contribution in [0.15, 0.2) is 54.6 Å². The molecule has 1 atom stereocenters. The number of methoxy groups -OCH3 is 1. The molecule has 0 bridgehead atoms. The second-order valence-corrected chi connectivity index (χ2v) is 5.46. The zero-order chi connectivity index (χ0) is 17.5. The van der Waals surface area contributed by atoms with Gasteiger partial charge in [-0.25, -0.2) is 4.39 Å². The van der Waals surface area contributed by atoms with E-state index in [9.17, 15) is 9.18 Å². The van der Waals surface area contributed by atoms with Gasteiger partial charge in [0.1, 0.15) is 11.6 Å². The summed E-state index contributed by atoms with van der Waals surface area (Å²) in [6, 6.07) is 13.7. The number of halogens is 1. The Hall–Kier alpha value is -2.62. The molecule has 3 nitrogen and oxygen atoms in total. The van der Waals surface area contributed by atoms with Crippen LogP contribution in [0.4, 0.5) is 4.39 Å². The third kappa shape index (κ3) is 4.44. The molecule has 2 aromatic rings. The van der Waals surface area contributed by atoms with E-state index < -0.39 is 0 Å². The van der Waals surface area contributed by atoms with Crippen molar-refractivity contribution in [2.75, 3.05) is 13.7 Å². The largest absolute Gasteiger partial charge is 0.497 e. The number of amides is 1. The summed E-state index contributed by atoms with van der Waals surface area (Å²) in [6.07, 6.45) is 3.22. The maximum atomic E-state index is 12.9. The van der Waals surface area contributed by atoms with Crippen LogP contribution in [0.3, 0.4) is 0 Å². The topological polar surface area (TPSA) is 29.5 Å². The van der Waals surface area contributed by atoms with Crippen molar-refractivity contribution in [2.45, 2.75) is 19.9 Å². The molecular formula is C20H22FNO2. The zero-order valence-corrected chi connectivity index (χ0v) is 14.2. The molecule has 0 spiro atoms. The molecule has 0 radical (unpaired) electrons. The van der Waals surface area contributed by atoms with Crippen LogP contribution in [0.5, 0.6) is 5.75 Å². The van der Waals surface area contributed by atoms with E-state index in [1.165, 1.54) is 18.2 Å². The van der Waals surface area contributed by atoms with E-state index in [0.29, 0.717) is 6.54 Å². The normalized spacial score (nSPS) is 12.2. The molecule has 4 heteroatoms. The van der Waals surface area contributed by atoms with Gasteiger partial charge < -0.3 is 9.64 Å². The van der Waals surface area contributed by atoms with Crippen molar-refractivity contribution in [2.24, 2.45) is 0 Å². The van der Waals surface area contributed by atoms with Gasteiger partial charge in [-0.15, -0.1) is 0 Å². The summed E-state index contributed by atoms with van der Waals surface area (Å²) in [5.74, 6) is 0.391. The first-order chi connectivity index (χ1) is 11.5. The summed E-state index contributed by atoms with van der Waals surface area (Å²) in [5.41, 5.74) is 1.80. The molecule has 1 amide bonds. The standard InChI is InChI=1S/C20H22FNO2/c1-4-22(15(2)17-6-5-7-19(14-17)24-3)20(23)13-10-16-8-11-18(21)12-9-16/h5-15H,4H2,1-3H3/b13-10+. The minimum absolute atomic E-state index is 0.0736. The van der Waals surface area contributed by atoms with Crippen molar-refractivity contribution in [3.63, 3.8) is 0 Å². The molecule has 126 valence electrons. The molecule has 0 heterocycles. The molecule has 24 heavy (non-hydrogen) atoms. The van der Waals surface area contributed by atoms with Gasteiger partial charge in [0.2, 0.25) is 5.91 Å². The summed E-state index contributed by atoms with van der Waals surface area (Å²) in [6.45, 7) is 4.52. The second kappa shape index (κ2) is 8.29. The molecule has 2 aromatic carbocycles. The van der Waals surface area contributed by atoms with Gasteiger partial charge in [0.05, 0.1) is 13.2 Å². The molecule has 0 aromatic heterocycles. The van der Waals surface area contributed by atoms with Gasteiger partial charge in [0, 0.05) is 12.6 Å². The van der Waals surface area contributed by atoms with Crippen molar-refractivity contribution in [3.05, 3.63) is 71.6 Å². The lowest BCUT2D eigenvalue weighted by Crippen LogP contribution is -2.32. The highest BCUT2D eigenvalue weighted by molar-refractivity contribution is 5.92. The summed E-state index contributed by atoms with van der Waals surface area (Å²) in [5, 5.41) is 0. The number of likely N-dealkylation sites (N-methyl/N-ethyl adjacent to an activating group) is 1. The van der Waals surface area contributed by atoms with E-state index in [2.05, 4.69) is 0 Å². The number of hydrogen-bond acceptors (Lipinski definition) is 2. The molecular weight excluding hydrogens is 305 g/mol. The fourth-order valence-corrected chi connectivity index (χ4v) is 2.54. The van der Waals surface area contributed by atoms with Gasteiger partial charge >= 0.3 is 0 Å². The number of nitrogens with zero attached hydrogens (tertiary/aromatic N) is 1. The lowest BCUT2D eigenvalue weighted by molar-refractivity contribution is -0.127. The van der Waals surface area contributed by atoms with E-state index in [0.717, 1.165) is 16.9 Å². The lowest BCUT2D eigenvalue weighted by atomic mass is 10.1. The first-order valence-corrected chi connectivity index (χ1v) is 7.93. The van der Waals surface area contributed by atoms with Crippen molar-refractivity contribution in [1.29, 1.82) is 0 Å². The number of hydrogen-bond donors (Lipinski definition) is 0. The van der Waals surface area contributed by atoms with Gasteiger partial charge in [-0.1, -0.05) is 24.3 Å². The second-order valence-electron chi connectivity index (χ2n) is 5.46. The number of rotatable bonds is 6. The highest BCUT2D eigenvalue weighted by Crippen LogP contribution is 2.24. The van der Waals surface area contributed by atoms with Crippen LogP contribution >= 0.6 is 0 Å². The highest BCUT2D eigenvalue weighted by Gasteiger charge is 2.18. The maximum Gasteiger partial charge on any atom is 0.247 e. The Morgan fingerprint density at radius 3 is 2.58 bits per heavy atom. The Morgan fingerprint density at radius 1 is 1.25 bits per heavy atom. The maximum absolute atomic E-state index is 12.9. The Balaban J connectivity index is 2.13. The van der Waals surface area contributed by atoms with Crippen LogP contribution in [0.1, 0.15) is 31.0 Å². The molecule has 0 fully saturated rings. The van der Waals surface area contributed by atoms with E-state index in [1.807, 2.05) is 38.1 Å². The van der Waals surface area contributed by atoms with Gasteiger partial charge in [-0.2, -0.15) is 0 Å². The molecule has 1 unspecified atom stereocenters. The van der Waals surface area contributed by atoms with Crippen LogP contribution in [0, 0.1) is 5.82 Å². The fourth-order valence-electron chi connectivity index (χ4n) is 2.54. The van der Waals surface area contributed by atoms with E-state index in [1.54, 1.807) is 30.2 Å². The van der Waals surface area contributed by atoms with Crippen LogP contribution < -0.4 is 4.74 Å². The van der Waals surface area contributed by atoms with E-state index >= 15 is 0 Å². The third-order valence-corrected chi connectivity index (χ3v) is 3.96. The molecule has 2 rings (SSSR count). The van der Waals surface area contributed by atoms with Crippen LogP contribution in [0.25, 0.3) is 6.08 Å². The first-order valence-electron chi connectivity index (χ1n) is 7.93. The van der Waals surface area contributed by atoms with Gasteiger partial charge in [0.25, 0.3) is 0 Å². The monoisotopic (exact) mass is 327 g/mol. The highest BCUT2D eigenvalue weighted by atomic mass is 19.1. The Kier molecular flexibility index (Phi) is 6.13. The van der Waals surface area contributed by atoms with Crippen LogP contribution in [-0.2, 0) is 4.79 Å². The Bertz CT molecular complexity index is 710. The number of carbonyl (C=O) groups is 1. The fraction of sp³-hybridized carbons (Fsp3) is 0.250. The number of benzene rings is 2. The smallest absolute Gasteiger partial charge is 0.247 e. The quantitative estimate of drug-likeness (QED) is 0.733. The van der Waals surface area contributed by atoms with Crippen molar-refractivity contribution >= 4 is 12.0 Å². The van der Waals surface area contributed by atoms with Crippen LogP contribution in [-0.4, -0.2) is 24.5 Å². The molecule has 0 N–H and O–H groups in total.